The molecule has 0 radical (unpaired) electrons. The average molecular weight is 371 g/mol. The fourth-order valence-corrected chi connectivity index (χ4v) is 3.70. The maximum absolute atomic E-state index is 12.2. The number of hydrogen-bond acceptors (Lipinski definition) is 5. The lowest BCUT2D eigenvalue weighted by molar-refractivity contribution is 0.485. The van der Waals surface area contributed by atoms with Crippen LogP contribution in [0.3, 0.4) is 0 Å². The summed E-state index contributed by atoms with van der Waals surface area (Å²) >= 11 is 3.19. The highest BCUT2D eigenvalue weighted by Gasteiger charge is 2.24. The number of sulfone groups is 1. The standard InChI is InChI=1S/C10H15BrN2O4S2/c1-13(5-6-18(2,14)15)19(16,17)10-4-3-8(11)7-9(10)12/h3-4,7H,5-6,12H2,1-2H3. The highest BCUT2D eigenvalue weighted by atomic mass is 79.9. The third-order valence-electron chi connectivity index (χ3n) is 2.44. The summed E-state index contributed by atoms with van der Waals surface area (Å²) in [5.74, 6) is -0.237. The van der Waals surface area contributed by atoms with Gasteiger partial charge in [0.2, 0.25) is 10.0 Å². The minimum atomic E-state index is -3.79. The Morgan fingerprint density at radius 3 is 2.32 bits per heavy atom. The van der Waals surface area contributed by atoms with Gasteiger partial charge in [-0.1, -0.05) is 15.9 Å². The molecule has 19 heavy (non-hydrogen) atoms. The van der Waals surface area contributed by atoms with Gasteiger partial charge in [0.1, 0.15) is 14.7 Å². The smallest absolute Gasteiger partial charge is 0.244 e. The van der Waals surface area contributed by atoms with E-state index in [-0.39, 0.29) is 22.9 Å². The second-order valence-corrected chi connectivity index (χ2v) is 9.33. The molecular formula is C10H15BrN2O4S2. The third-order valence-corrected chi connectivity index (χ3v) is 5.79. The zero-order chi connectivity index (χ0) is 14.8. The van der Waals surface area contributed by atoms with Crippen molar-refractivity contribution < 1.29 is 16.8 Å². The van der Waals surface area contributed by atoms with Crippen LogP contribution in [0.1, 0.15) is 0 Å². The molecule has 0 aliphatic rings. The number of benzene rings is 1. The van der Waals surface area contributed by atoms with E-state index in [1.54, 1.807) is 6.07 Å². The molecule has 0 amide bonds. The Balaban J connectivity index is 3.03. The normalized spacial score (nSPS) is 12.8. The predicted octanol–water partition coefficient (Wildman–Crippen LogP) is 0.696. The summed E-state index contributed by atoms with van der Waals surface area (Å²) in [4.78, 5) is -0.0355. The molecule has 1 aromatic carbocycles. The summed E-state index contributed by atoms with van der Waals surface area (Å²) in [7, 11) is -5.69. The van der Waals surface area contributed by atoms with Crippen LogP contribution in [0.25, 0.3) is 0 Å². The molecule has 0 fully saturated rings. The first-order chi connectivity index (χ1) is 8.54. The first-order valence-electron chi connectivity index (χ1n) is 5.23. The minimum absolute atomic E-state index is 0.0355. The van der Waals surface area contributed by atoms with Gasteiger partial charge in [-0.15, -0.1) is 0 Å². The van der Waals surface area contributed by atoms with Crippen molar-refractivity contribution in [3.63, 3.8) is 0 Å². The number of anilines is 1. The molecule has 0 atom stereocenters. The molecule has 9 heteroatoms. The number of nitrogens with two attached hydrogens (primary N) is 1. The first kappa shape index (κ1) is 16.4. The van der Waals surface area contributed by atoms with Crippen LogP contribution in [0.5, 0.6) is 0 Å². The quantitative estimate of drug-likeness (QED) is 0.769. The van der Waals surface area contributed by atoms with Gasteiger partial charge in [-0.2, -0.15) is 4.31 Å². The summed E-state index contributed by atoms with van der Waals surface area (Å²) < 4.78 is 48.2. The number of nitrogen functional groups attached to an aromatic ring is 1. The topological polar surface area (TPSA) is 97.5 Å². The van der Waals surface area contributed by atoms with E-state index in [9.17, 15) is 16.8 Å². The van der Waals surface area contributed by atoms with Crippen molar-refractivity contribution in [3.8, 4) is 0 Å². The van der Waals surface area contributed by atoms with E-state index in [0.717, 1.165) is 10.6 Å². The molecule has 0 saturated heterocycles. The Morgan fingerprint density at radius 2 is 1.84 bits per heavy atom. The zero-order valence-corrected chi connectivity index (χ0v) is 13.7. The van der Waals surface area contributed by atoms with Crippen molar-refractivity contribution in [3.05, 3.63) is 22.7 Å². The lowest BCUT2D eigenvalue weighted by atomic mass is 10.3. The summed E-state index contributed by atoms with van der Waals surface area (Å²) in [6.45, 7) is -0.114. The summed E-state index contributed by atoms with van der Waals surface area (Å²) in [6, 6.07) is 4.43. The van der Waals surface area contributed by atoms with Gasteiger partial charge >= 0.3 is 0 Å². The van der Waals surface area contributed by atoms with Crippen molar-refractivity contribution in [2.24, 2.45) is 0 Å². The van der Waals surface area contributed by atoms with Crippen LogP contribution in [0, 0.1) is 0 Å². The number of nitrogens with zero attached hydrogens (tertiary/aromatic N) is 1. The van der Waals surface area contributed by atoms with Crippen molar-refractivity contribution in [1.29, 1.82) is 0 Å². The molecule has 1 rings (SSSR count). The van der Waals surface area contributed by atoms with E-state index in [0.29, 0.717) is 4.47 Å². The van der Waals surface area contributed by atoms with E-state index < -0.39 is 19.9 Å². The van der Waals surface area contributed by atoms with E-state index in [2.05, 4.69) is 15.9 Å². The molecule has 0 saturated carbocycles. The van der Waals surface area contributed by atoms with Gasteiger partial charge in [-0.05, 0) is 18.2 Å². The fourth-order valence-electron chi connectivity index (χ4n) is 1.34. The van der Waals surface area contributed by atoms with Crippen LogP contribution in [0.4, 0.5) is 5.69 Å². The van der Waals surface area contributed by atoms with Gasteiger partial charge in [-0.3, -0.25) is 0 Å². The number of sulfonamides is 1. The Bertz CT molecular complexity index is 671. The zero-order valence-electron chi connectivity index (χ0n) is 10.5. The van der Waals surface area contributed by atoms with Crippen LogP contribution >= 0.6 is 15.9 Å². The van der Waals surface area contributed by atoms with Crippen molar-refractivity contribution >= 4 is 41.5 Å². The van der Waals surface area contributed by atoms with Crippen LogP contribution < -0.4 is 5.73 Å². The lowest BCUT2D eigenvalue weighted by Gasteiger charge is -2.17. The monoisotopic (exact) mass is 370 g/mol. The van der Waals surface area contributed by atoms with Crippen LogP contribution in [-0.4, -0.2) is 46.7 Å². The van der Waals surface area contributed by atoms with Gasteiger partial charge in [0.15, 0.2) is 0 Å². The molecule has 6 nitrogen and oxygen atoms in total. The second-order valence-electron chi connectivity index (χ2n) is 4.14. The molecule has 0 heterocycles. The molecule has 108 valence electrons. The van der Waals surface area contributed by atoms with E-state index in [1.165, 1.54) is 19.2 Å². The summed E-state index contributed by atoms with van der Waals surface area (Å²) in [6.07, 6.45) is 1.06. The van der Waals surface area contributed by atoms with Gasteiger partial charge in [-0.25, -0.2) is 16.8 Å². The van der Waals surface area contributed by atoms with Crippen LogP contribution in [0.15, 0.2) is 27.6 Å². The SMILES string of the molecule is CN(CCS(C)(=O)=O)S(=O)(=O)c1ccc(Br)cc1N. The highest BCUT2D eigenvalue weighted by molar-refractivity contribution is 9.10. The second kappa shape index (κ2) is 5.78. The minimum Gasteiger partial charge on any atom is -0.398 e. The third kappa shape index (κ3) is 4.44. The molecule has 2 N–H and O–H groups in total. The first-order valence-corrected chi connectivity index (χ1v) is 9.52. The largest absolute Gasteiger partial charge is 0.398 e. The van der Waals surface area contributed by atoms with Crippen LogP contribution in [0.2, 0.25) is 0 Å². The Kier molecular flexibility index (Phi) is 4.99. The molecule has 0 unspecified atom stereocenters. The average Bonchev–Trinajstić information content (AvgIpc) is 2.24. The highest BCUT2D eigenvalue weighted by Crippen LogP contribution is 2.24. The van der Waals surface area contributed by atoms with Crippen LogP contribution in [-0.2, 0) is 19.9 Å². The Labute approximate surface area is 121 Å². The number of halogens is 1. The van der Waals surface area contributed by atoms with Gasteiger partial charge < -0.3 is 5.73 Å². The van der Waals surface area contributed by atoms with Crippen molar-refractivity contribution in [2.75, 3.05) is 31.3 Å². The molecule has 0 bridgehead atoms. The van der Waals surface area contributed by atoms with Crippen molar-refractivity contribution in [1.82, 2.24) is 4.31 Å². The predicted molar refractivity (Wildman–Crippen MR) is 78.1 cm³/mol. The Hall–Kier alpha value is -0.640. The molecule has 0 aromatic heterocycles. The van der Waals surface area contributed by atoms with Gasteiger partial charge in [0.05, 0.1) is 11.4 Å². The summed E-state index contributed by atoms with van der Waals surface area (Å²) in [5, 5.41) is 0. The molecule has 0 spiro atoms. The van der Waals surface area contributed by atoms with Gasteiger partial charge in [0, 0.05) is 24.3 Å². The summed E-state index contributed by atoms with van der Waals surface area (Å²) in [5.41, 5.74) is 5.78. The van der Waals surface area contributed by atoms with E-state index in [4.69, 9.17) is 5.73 Å². The molecule has 1 aromatic rings. The molecule has 0 aliphatic carbocycles. The molecular weight excluding hydrogens is 356 g/mol. The van der Waals surface area contributed by atoms with Gasteiger partial charge in [0.25, 0.3) is 0 Å². The van der Waals surface area contributed by atoms with Crippen molar-refractivity contribution in [2.45, 2.75) is 4.90 Å². The number of hydrogen-bond donors (Lipinski definition) is 1. The lowest BCUT2D eigenvalue weighted by Crippen LogP contribution is -2.32. The Morgan fingerprint density at radius 1 is 1.26 bits per heavy atom. The number of rotatable bonds is 5. The molecule has 0 aliphatic heterocycles. The maximum Gasteiger partial charge on any atom is 0.244 e. The maximum atomic E-state index is 12.2. The fraction of sp³-hybridized carbons (Fsp3) is 0.400. The van der Waals surface area contributed by atoms with E-state index >= 15 is 0 Å². The van der Waals surface area contributed by atoms with E-state index in [1.807, 2.05) is 0 Å².